The number of hydrogen-bond donors (Lipinski definition) is 1. The van der Waals surface area contributed by atoms with Gasteiger partial charge in [0.25, 0.3) is 5.91 Å². The van der Waals surface area contributed by atoms with Crippen molar-refractivity contribution in [3.63, 3.8) is 0 Å². The Morgan fingerprint density at radius 2 is 2.07 bits per heavy atom. The number of amides is 1. The summed E-state index contributed by atoms with van der Waals surface area (Å²) in [7, 11) is 1.74. The number of thiazole rings is 1. The van der Waals surface area contributed by atoms with Crippen LogP contribution in [0, 0.1) is 5.82 Å². The number of hydrogen-bond acceptors (Lipinski definition) is 4. The van der Waals surface area contributed by atoms with Crippen LogP contribution in [-0.2, 0) is 6.54 Å². The van der Waals surface area contributed by atoms with Crippen LogP contribution in [0.4, 0.5) is 4.39 Å². The average Bonchev–Trinajstić information content (AvgIpc) is 3.40. The van der Waals surface area contributed by atoms with E-state index in [0.29, 0.717) is 28.5 Å². The van der Waals surface area contributed by atoms with Gasteiger partial charge >= 0.3 is 0 Å². The van der Waals surface area contributed by atoms with Crippen LogP contribution in [0.2, 0.25) is 0 Å². The van der Waals surface area contributed by atoms with Gasteiger partial charge in [-0.25, -0.2) is 14.4 Å². The zero-order valence-corrected chi connectivity index (χ0v) is 16.3. The van der Waals surface area contributed by atoms with Crippen molar-refractivity contribution in [2.24, 2.45) is 0 Å². The lowest BCUT2D eigenvalue weighted by molar-refractivity contribution is 0.0775. The van der Waals surface area contributed by atoms with Crippen molar-refractivity contribution in [2.75, 3.05) is 7.05 Å². The van der Waals surface area contributed by atoms with Crippen LogP contribution in [0.1, 0.15) is 16.3 Å². The van der Waals surface area contributed by atoms with Crippen molar-refractivity contribution in [3.05, 3.63) is 77.4 Å². The van der Waals surface area contributed by atoms with E-state index >= 15 is 0 Å². The van der Waals surface area contributed by atoms with Gasteiger partial charge in [-0.15, -0.1) is 11.3 Å². The molecule has 2 aromatic carbocycles. The third kappa shape index (κ3) is 3.17. The molecule has 8 heteroatoms. The minimum atomic E-state index is -0.319. The molecule has 0 fully saturated rings. The third-order valence-electron chi connectivity index (χ3n) is 4.72. The van der Waals surface area contributed by atoms with Crippen LogP contribution >= 0.6 is 11.3 Å². The number of para-hydroxylation sites is 2. The van der Waals surface area contributed by atoms with Gasteiger partial charge < -0.3 is 9.88 Å². The van der Waals surface area contributed by atoms with Gasteiger partial charge in [0.1, 0.15) is 17.3 Å². The molecule has 144 valence electrons. The van der Waals surface area contributed by atoms with Crippen LogP contribution in [0.25, 0.3) is 27.3 Å². The number of aromatic nitrogens is 4. The molecular formula is C21H16FN5OS. The van der Waals surface area contributed by atoms with E-state index in [-0.39, 0.29) is 11.7 Å². The number of carbonyl (C=O) groups excluding carboxylic acids is 1. The zero-order chi connectivity index (χ0) is 20.0. The van der Waals surface area contributed by atoms with E-state index in [4.69, 9.17) is 0 Å². The van der Waals surface area contributed by atoms with Crippen LogP contribution in [0.5, 0.6) is 0 Å². The first-order valence-electron chi connectivity index (χ1n) is 9.00. The second-order valence-corrected chi connectivity index (χ2v) is 7.61. The monoisotopic (exact) mass is 405 g/mol. The fourth-order valence-electron chi connectivity index (χ4n) is 3.30. The Morgan fingerprint density at radius 1 is 1.21 bits per heavy atom. The van der Waals surface area contributed by atoms with Gasteiger partial charge in [-0.2, -0.15) is 0 Å². The third-order valence-corrected chi connectivity index (χ3v) is 5.56. The Hall–Kier alpha value is -3.52. The molecule has 0 spiro atoms. The number of imidazole rings is 2. The van der Waals surface area contributed by atoms with E-state index in [2.05, 4.69) is 15.0 Å². The summed E-state index contributed by atoms with van der Waals surface area (Å²) in [6, 6.07) is 14.0. The first-order valence-corrected chi connectivity index (χ1v) is 9.88. The minimum Gasteiger partial charge on any atom is -0.340 e. The lowest BCUT2D eigenvalue weighted by Gasteiger charge is -2.15. The van der Waals surface area contributed by atoms with Crippen LogP contribution in [0.15, 0.2) is 60.1 Å². The Bertz CT molecular complexity index is 1320. The highest BCUT2D eigenvalue weighted by molar-refractivity contribution is 7.15. The van der Waals surface area contributed by atoms with E-state index in [0.717, 1.165) is 16.9 Å². The summed E-state index contributed by atoms with van der Waals surface area (Å²) in [5.74, 6) is 0.264. The van der Waals surface area contributed by atoms with Gasteiger partial charge in [-0.05, 0) is 24.3 Å². The van der Waals surface area contributed by atoms with Crippen LogP contribution < -0.4 is 0 Å². The number of halogens is 1. The number of benzene rings is 2. The fraction of sp³-hybridized carbons (Fsp3) is 0.0952. The fourth-order valence-corrected chi connectivity index (χ4v) is 4.14. The smallest absolute Gasteiger partial charge is 0.271 e. The molecule has 0 aliphatic heterocycles. The second kappa shape index (κ2) is 6.82. The zero-order valence-electron chi connectivity index (χ0n) is 15.5. The predicted molar refractivity (Wildman–Crippen MR) is 110 cm³/mol. The van der Waals surface area contributed by atoms with Crippen molar-refractivity contribution < 1.29 is 9.18 Å². The van der Waals surface area contributed by atoms with Crippen molar-refractivity contribution in [3.8, 4) is 11.3 Å². The molecule has 5 aromatic rings. The van der Waals surface area contributed by atoms with Crippen molar-refractivity contribution in [2.45, 2.75) is 6.54 Å². The van der Waals surface area contributed by atoms with Gasteiger partial charge in [0, 0.05) is 24.2 Å². The normalized spacial score (nSPS) is 11.4. The number of H-pyrrole nitrogens is 1. The van der Waals surface area contributed by atoms with E-state index < -0.39 is 0 Å². The second-order valence-electron chi connectivity index (χ2n) is 6.77. The molecule has 5 rings (SSSR count). The molecule has 0 aliphatic rings. The molecule has 3 heterocycles. The topological polar surface area (TPSA) is 66.3 Å². The molecule has 0 saturated carbocycles. The Kier molecular flexibility index (Phi) is 4.13. The number of nitrogens with one attached hydrogen (secondary N) is 1. The highest BCUT2D eigenvalue weighted by Gasteiger charge is 2.20. The number of nitrogens with zero attached hydrogens (tertiary/aromatic N) is 4. The van der Waals surface area contributed by atoms with E-state index in [9.17, 15) is 9.18 Å². The van der Waals surface area contributed by atoms with Crippen molar-refractivity contribution >= 4 is 33.2 Å². The lowest BCUT2D eigenvalue weighted by atomic mass is 10.2. The molecule has 0 bridgehead atoms. The van der Waals surface area contributed by atoms with Gasteiger partial charge in [-0.1, -0.05) is 24.3 Å². The number of fused-ring (bicyclic) bond motifs is 2. The maximum absolute atomic E-state index is 13.5. The summed E-state index contributed by atoms with van der Waals surface area (Å²) in [6.45, 7) is 0.357. The molecule has 0 saturated heterocycles. The summed E-state index contributed by atoms with van der Waals surface area (Å²) < 4.78 is 15.3. The molecule has 6 nitrogen and oxygen atoms in total. The maximum Gasteiger partial charge on any atom is 0.271 e. The molecule has 0 aliphatic carbocycles. The SMILES string of the molecule is CN(Cc1nc2ccccc2[nH]1)C(=O)c1csc2nc(-c3cccc(F)c3)cn12. The summed E-state index contributed by atoms with van der Waals surface area (Å²) in [6.07, 6.45) is 1.77. The standard InChI is InChI=1S/C21H16FN5OS/c1-26(11-19-23-15-7-2-3-8-16(15)24-19)20(28)18-12-29-21-25-17(10-27(18)21)13-5-4-6-14(22)9-13/h2-10,12H,11H2,1H3,(H,23,24). The summed E-state index contributed by atoms with van der Waals surface area (Å²) >= 11 is 1.38. The van der Waals surface area contributed by atoms with Crippen molar-refractivity contribution in [1.29, 1.82) is 0 Å². The Balaban J connectivity index is 1.42. The lowest BCUT2D eigenvalue weighted by Crippen LogP contribution is -2.27. The molecule has 0 atom stereocenters. The first-order chi connectivity index (χ1) is 14.1. The van der Waals surface area contributed by atoms with E-state index in [1.807, 2.05) is 24.3 Å². The largest absolute Gasteiger partial charge is 0.340 e. The molecule has 3 aromatic heterocycles. The first kappa shape index (κ1) is 17.6. The summed E-state index contributed by atoms with van der Waals surface area (Å²) in [5.41, 5.74) is 3.63. The van der Waals surface area contributed by atoms with E-state index in [1.165, 1.54) is 23.5 Å². The summed E-state index contributed by atoms with van der Waals surface area (Å²) in [5, 5.41) is 1.79. The van der Waals surface area contributed by atoms with Crippen LogP contribution in [-0.4, -0.2) is 37.2 Å². The molecule has 0 unspecified atom stereocenters. The average molecular weight is 405 g/mol. The predicted octanol–water partition coefficient (Wildman–Crippen LogP) is 4.35. The number of aromatic amines is 1. The van der Waals surface area contributed by atoms with Gasteiger partial charge in [0.2, 0.25) is 0 Å². The Morgan fingerprint density at radius 3 is 2.90 bits per heavy atom. The molecule has 1 amide bonds. The highest BCUT2D eigenvalue weighted by Crippen LogP contribution is 2.25. The Labute approximate surface area is 169 Å². The molecular weight excluding hydrogens is 389 g/mol. The minimum absolute atomic E-state index is 0.139. The quantitative estimate of drug-likeness (QED) is 0.483. The molecule has 0 radical (unpaired) electrons. The van der Waals surface area contributed by atoms with Crippen molar-refractivity contribution in [1.82, 2.24) is 24.3 Å². The molecule has 1 N–H and O–H groups in total. The highest BCUT2D eigenvalue weighted by atomic mass is 32.1. The van der Waals surface area contributed by atoms with Gasteiger partial charge in [-0.3, -0.25) is 9.20 Å². The number of carbonyl (C=O) groups is 1. The number of rotatable bonds is 4. The van der Waals surface area contributed by atoms with Gasteiger partial charge in [0.05, 0.1) is 23.3 Å². The van der Waals surface area contributed by atoms with Gasteiger partial charge in [0.15, 0.2) is 4.96 Å². The maximum atomic E-state index is 13.5. The van der Waals surface area contributed by atoms with E-state index in [1.54, 1.807) is 40.1 Å². The summed E-state index contributed by atoms with van der Waals surface area (Å²) in [4.78, 5) is 27.6. The molecule has 29 heavy (non-hydrogen) atoms. The van der Waals surface area contributed by atoms with Crippen LogP contribution in [0.3, 0.4) is 0 Å².